The molecule has 0 spiro atoms. The number of aliphatic hydroxyl groups excluding tert-OH is 1. The van der Waals surface area contributed by atoms with E-state index >= 15 is 0 Å². The minimum atomic E-state index is -1.00. The maximum absolute atomic E-state index is 11.8. The van der Waals surface area contributed by atoms with Gasteiger partial charge in [-0.25, -0.2) is 0 Å². The van der Waals surface area contributed by atoms with E-state index in [4.69, 9.17) is 4.74 Å². The van der Waals surface area contributed by atoms with Crippen molar-refractivity contribution in [1.29, 1.82) is 0 Å². The molecule has 0 amide bonds. The van der Waals surface area contributed by atoms with Crippen LogP contribution in [0.1, 0.15) is 32.4 Å². The van der Waals surface area contributed by atoms with Gasteiger partial charge < -0.3 is 9.84 Å². The van der Waals surface area contributed by atoms with Crippen molar-refractivity contribution in [2.75, 3.05) is 6.61 Å². The second kappa shape index (κ2) is 5.60. The summed E-state index contributed by atoms with van der Waals surface area (Å²) in [6.07, 6.45) is 2.20. The van der Waals surface area contributed by atoms with Crippen LogP contribution in [0.15, 0.2) is 22.9 Å². The van der Waals surface area contributed by atoms with Crippen molar-refractivity contribution in [3.63, 3.8) is 0 Å². The smallest absolute Gasteiger partial charge is 0.314 e. The van der Waals surface area contributed by atoms with Crippen molar-refractivity contribution in [1.82, 2.24) is 4.98 Å². The predicted molar refractivity (Wildman–Crippen MR) is 67.3 cm³/mol. The van der Waals surface area contributed by atoms with Gasteiger partial charge >= 0.3 is 5.97 Å². The number of hydrogen-bond acceptors (Lipinski definition) is 4. The predicted octanol–water partition coefficient (Wildman–Crippen LogP) is 2.47. The van der Waals surface area contributed by atoms with E-state index < -0.39 is 17.5 Å². The lowest BCUT2D eigenvalue weighted by Crippen LogP contribution is -2.33. The number of pyridine rings is 1. The molecule has 4 nitrogen and oxygen atoms in total. The van der Waals surface area contributed by atoms with Gasteiger partial charge in [0.25, 0.3) is 0 Å². The maximum atomic E-state index is 11.8. The zero-order valence-corrected chi connectivity index (χ0v) is 11.7. The standard InChI is InChI=1S/C12H16BrNO3/c1-4-17-11(16)12(2,3)10(15)8-5-9(13)7-14-6-8/h5-7,10,15H,4H2,1-3H3. The molecule has 1 heterocycles. The molecule has 1 atom stereocenters. The zero-order valence-electron chi connectivity index (χ0n) is 10.1. The molecule has 0 aromatic carbocycles. The molecule has 0 radical (unpaired) electrons. The number of carbonyl (C=O) groups excluding carboxylic acids is 1. The second-order valence-corrected chi connectivity index (χ2v) is 5.20. The third kappa shape index (κ3) is 3.26. The second-order valence-electron chi connectivity index (χ2n) is 4.28. The van der Waals surface area contributed by atoms with Crippen LogP contribution in [0.2, 0.25) is 0 Å². The Morgan fingerprint density at radius 1 is 1.59 bits per heavy atom. The monoisotopic (exact) mass is 301 g/mol. The number of aliphatic hydroxyl groups is 1. The SMILES string of the molecule is CCOC(=O)C(C)(C)C(O)c1cncc(Br)c1. The molecule has 0 bridgehead atoms. The molecule has 0 saturated carbocycles. The molecule has 0 saturated heterocycles. The Kier molecular flexibility index (Phi) is 4.65. The van der Waals surface area contributed by atoms with Crippen molar-refractivity contribution in [2.45, 2.75) is 26.9 Å². The van der Waals surface area contributed by atoms with Crippen LogP contribution < -0.4 is 0 Å². The Bertz CT molecular complexity index is 406. The van der Waals surface area contributed by atoms with Gasteiger partial charge in [0.2, 0.25) is 0 Å². The highest BCUT2D eigenvalue weighted by molar-refractivity contribution is 9.10. The number of esters is 1. The molecule has 0 fully saturated rings. The van der Waals surface area contributed by atoms with Crippen LogP contribution >= 0.6 is 15.9 Å². The lowest BCUT2D eigenvalue weighted by Gasteiger charge is -2.28. The van der Waals surface area contributed by atoms with Gasteiger partial charge in [-0.2, -0.15) is 0 Å². The van der Waals surface area contributed by atoms with Crippen LogP contribution in [0.25, 0.3) is 0 Å². The minimum Gasteiger partial charge on any atom is -0.465 e. The normalized spacial score (nSPS) is 13.2. The lowest BCUT2D eigenvalue weighted by molar-refractivity contribution is -0.160. The molecule has 1 N–H and O–H groups in total. The van der Waals surface area contributed by atoms with Crippen LogP contribution in [-0.2, 0) is 9.53 Å². The van der Waals surface area contributed by atoms with Crippen molar-refractivity contribution >= 4 is 21.9 Å². The first-order valence-electron chi connectivity index (χ1n) is 5.35. The van der Waals surface area contributed by atoms with E-state index in [1.807, 2.05) is 0 Å². The maximum Gasteiger partial charge on any atom is 0.314 e. The van der Waals surface area contributed by atoms with E-state index in [1.54, 1.807) is 33.0 Å². The molecule has 0 aliphatic heterocycles. The molecule has 94 valence electrons. The Labute approximate surface area is 109 Å². The third-order valence-electron chi connectivity index (χ3n) is 2.53. The highest BCUT2D eigenvalue weighted by Gasteiger charge is 2.38. The number of ether oxygens (including phenoxy) is 1. The summed E-state index contributed by atoms with van der Waals surface area (Å²) in [5.74, 6) is -0.424. The molecule has 0 aliphatic rings. The number of aromatic nitrogens is 1. The van der Waals surface area contributed by atoms with E-state index in [1.165, 1.54) is 6.20 Å². The van der Waals surface area contributed by atoms with E-state index in [-0.39, 0.29) is 0 Å². The first-order valence-corrected chi connectivity index (χ1v) is 6.14. The van der Waals surface area contributed by atoms with E-state index in [2.05, 4.69) is 20.9 Å². The van der Waals surface area contributed by atoms with Gasteiger partial charge in [-0.15, -0.1) is 0 Å². The fourth-order valence-corrected chi connectivity index (χ4v) is 1.81. The number of hydrogen-bond donors (Lipinski definition) is 1. The van der Waals surface area contributed by atoms with Crippen LogP contribution in [-0.4, -0.2) is 22.7 Å². The molecule has 17 heavy (non-hydrogen) atoms. The van der Waals surface area contributed by atoms with Gasteiger partial charge in [-0.3, -0.25) is 9.78 Å². The topological polar surface area (TPSA) is 59.4 Å². The van der Waals surface area contributed by atoms with Crippen molar-refractivity contribution in [3.05, 3.63) is 28.5 Å². The quantitative estimate of drug-likeness (QED) is 0.868. The molecule has 1 unspecified atom stereocenters. The van der Waals surface area contributed by atoms with Gasteiger partial charge in [0.15, 0.2) is 0 Å². The Morgan fingerprint density at radius 3 is 2.76 bits per heavy atom. The summed E-state index contributed by atoms with van der Waals surface area (Å²) in [6.45, 7) is 5.33. The fourth-order valence-electron chi connectivity index (χ4n) is 1.42. The van der Waals surface area contributed by atoms with Crippen LogP contribution in [0.3, 0.4) is 0 Å². The van der Waals surface area contributed by atoms with E-state index in [0.29, 0.717) is 12.2 Å². The van der Waals surface area contributed by atoms with Crippen molar-refractivity contribution in [2.24, 2.45) is 5.41 Å². The summed E-state index contributed by atoms with van der Waals surface area (Å²) in [5.41, 5.74) is -0.421. The number of halogens is 1. The Balaban J connectivity index is 2.95. The number of rotatable bonds is 4. The molecule has 1 aromatic heterocycles. The third-order valence-corrected chi connectivity index (χ3v) is 2.96. The first kappa shape index (κ1) is 14.1. The molecular formula is C12H16BrNO3. The number of nitrogens with zero attached hydrogens (tertiary/aromatic N) is 1. The minimum absolute atomic E-state index is 0.297. The lowest BCUT2D eigenvalue weighted by atomic mass is 9.83. The van der Waals surface area contributed by atoms with E-state index in [0.717, 1.165) is 4.47 Å². The molecule has 0 aliphatic carbocycles. The Morgan fingerprint density at radius 2 is 2.24 bits per heavy atom. The van der Waals surface area contributed by atoms with Gasteiger partial charge in [-0.05, 0) is 42.8 Å². The average molecular weight is 302 g/mol. The molecule has 1 aromatic rings. The summed E-state index contributed by atoms with van der Waals surface area (Å²) in [5, 5.41) is 10.2. The summed E-state index contributed by atoms with van der Waals surface area (Å²) < 4.78 is 5.71. The molecular weight excluding hydrogens is 286 g/mol. The van der Waals surface area contributed by atoms with Gasteiger partial charge in [0, 0.05) is 22.4 Å². The van der Waals surface area contributed by atoms with Crippen molar-refractivity contribution < 1.29 is 14.6 Å². The van der Waals surface area contributed by atoms with Crippen LogP contribution in [0.5, 0.6) is 0 Å². The first-order chi connectivity index (χ1) is 7.89. The Hall–Kier alpha value is -0.940. The highest BCUT2D eigenvalue weighted by atomic mass is 79.9. The average Bonchev–Trinajstić information content (AvgIpc) is 2.28. The highest BCUT2D eigenvalue weighted by Crippen LogP contribution is 2.34. The largest absolute Gasteiger partial charge is 0.465 e. The van der Waals surface area contributed by atoms with Crippen LogP contribution in [0.4, 0.5) is 0 Å². The molecule has 5 heteroatoms. The summed E-state index contributed by atoms with van der Waals surface area (Å²) >= 11 is 3.28. The summed E-state index contributed by atoms with van der Waals surface area (Å²) in [6, 6.07) is 1.73. The van der Waals surface area contributed by atoms with Gasteiger partial charge in [0.1, 0.15) is 0 Å². The zero-order chi connectivity index (χ0) is 13.1. The van der Waals surface area contributed by atoms with Gasteiger partial charge in [0.05, 0.1) is 18.1 Å². The van der Waals surface area contributed by atoms with Crippen molar-refractivity contribution in [3.8, 4) is 0 Å². The van der Waals surface area contributed by atoms with Gasteiger partial charge in [-0.1, -0.05) is 0 Å². The fraction of sp³-hybridized carbons (Fsp3) is 0.500. The van der Waals surface area contributed by atoms with Crippen LogP contribution in [0, 0.1) is 5.41 Å². The molecule has 1 rings (SSSR count). The summed E-state index contributed by atoms with van der Waals surface area (Å²) in [4.78, 5) is 15.7. The number of carbonyl (C=O) groups is 1. The summed E-state index contributed by atoms with van der Waals surface area (Å²) in [7, 11) is 0. The van der Waals surface area contributed by atoms with E-state index in [9.17, 15) is 9.90 Å².